The predicted octanol–water partition coefficient (Wildman–Crippen LogP) is 3.76. The zero-order valence-corrected chi connectivity index (χ0v) is 15.1. The molecule has 0 atom stereocenters. The highest BCUT2D eigenvalue weighted by Crippen LogP contribution is 2.18. The van der Waals surface area contributed by atoms with Crippen LogP contribution in [-0.2, 0) is 11.3 Å². The minimum Gasteiger partial charge on any atom is -0.491 e. The maximum absolute atomic E-state index is 5.80. The minimum absolute atomic E-state index is 0.237. The fourth-order valence-electron chi connectivity index (χ4n) is 1.72. The van der Waals surface area contributed by atoms with Gasteiger partial charge in [0, 0.05) is 19.3 Å². The van der Waals surface area contributed by atoms with E-state index in [9.17, 15) is 0 Å². The highest BCUT2D eigenvalue weighted by Gasteiger charge is 2.03. The molecule has 0 spiro atoms. The van der Waals surface area contributed by atoms with E-state index in [1.807, 2.05) is 31.2 Å². The normalized spacial score (nSPS) is 10.5. The van der Waals surface area contributed by atoms with Gasteiger partial charge in [-0.05, 0) is 58.8 Å². The van der Waals surface area contributed by atoms with Gasteiger partial charge < -0.3 is 14.8 Å². The summed E-state index contributed by atoms with van der Waals surface area (Å²) in [6.45, 7) is 4.49. The molecular weight excluding hydrogens is 417 g/mol. The smallest absolute Gasteiger partial charge is 0.224 e. The van der Waals surface area contributed by atoms with Crippen LogP contribution in [0.2, 0.25) is 5.28 Å². The van der Waals surface area contributed by atoms with Gasteiger partial charge in [0.25, 0.3) is 0 Å². The molecule has 22 heavy (non-hydrogen) atoms. The Morgan fingerprint density at radius 1 is 1.23 bits per heavy atom. The molecule has 0 unspecified atom stereocenters. The summed E-state index contributed by atoms with van der Waals surface area (Å²) in [5.41, 5.74) is 1.13. The number of benzene rings is 1. The van der Waals surface area contributed by atoms with E-state index in [2.05, 4.69) is 37.9 Å². The molecule has 0 radical (unpaired) electrons. The molecule has 0 aliphatic rings. The van der Waals surface area contributed by atoms with Crippen molar-refractivity contribution in [2.24, 2.45) is 0 Å². The molecule has 0 aliphatic heterocycles. The van der Waals surface area contributed by atoms with Crippen LogP contribution in [-0.4, -0.2) is 29.8 Å². The Kier molecular flexibility index (Phi) is 7.14. The molecule has 0 saturated carbocycles. The molecular formula is C15H17ClIN3O2. The van der Waals surface area contributed by atoms with Crippen molar-refractivity contribution < 1.29 is 9.47 Å². The third-order valence-corrected chi connectivity index (χ3v) is 3.77. The SMILES string of the molecule is CCOCCOc1ccc(CNc2nc(Cl)ncc2I)cc1. The predicted molar refractivity (Wildman–Crippen MR) is 95.5 cm³/mol. The molecule has 1 aromatic carbocycles. The van der Waals surface area contributed by atoms with Gasteiger partial charge in [0.15, 0.2) is 0 Å². The molecule has 0 fully saturated rings. The van der Waals surface area contributed by atoms with Crippen molar-refractivity contribution in [3.05, 3.63) is 44.9 Å². The Balaban J connectivity index is 1.84. The van der Waals surface area contributed by atoms with Gasteiger partial charge in [-0.25, -0.2) is 4.98 Å². The first kappa shape index (κ1) is 17.2. The standard InChI is InChI=1S/C15H17ClIN3O2/c1-2-21-7-8-22-12-5-3-11(4-6-12)9-18-14-13(17)10-19-15(16)20-14/h3-6,10H,2,7-9H2,1H3,(H,18,19,20). The quantitative estimate of drug-likeness (QED) is 0.390. The summed E-state index contributed by atoms with van der Waals surface area (Å²) in [4.78, 5) is 8.09. The number of aromatic nitrogens is 2. The first-order valence-electron chi connectivity index (χ1n) is 6.90. The summed E-state index contributed by atoms with van der Waals surface area (Å²) in [7, 11) is 0. The van der Waals surface area contributed by atoms with E-state index in [4.69, 9.17) is 21.1 Å². The molecule has 2 rings (SSSR count). The Labute approximate surface area is 148 Å². The van der Waals surface area contributed by atoms with Gasteiger partial charge in [-0.2, -0.15) is 4.98 Å². The zero-order chi connectivity index (χ0) is 15.8. The maximum Gasteiger partial charge on any atom is 0.224 e. The lowest BCUT2D eigenvalue weighted by molar-refractivity contribution is 0.110. The van der Waals surface area contributed by atoms with Crippen molar-refractivity contribution in [1.82, 2.24) is 9.97 Å². The highest BCUT2D eigenvalue weighted by atomic mass is 127. The first-order chi connectivity index (χ1) is 10.7. The summed E-state index contributed by atoms with van der Waals surface area (Å²) in [5, 5.41) is 3.48. The second-order valence-corrected chi connectivity index (χ2v) is 5.88. The fourth-order valence-corrected chi connectivity index (χ4v) is 2.31. The van der Waals surface area contributed by atoms with Crippen LogP contribution in [0, 0.1) is 3.57 Å². The van der Waals surface area contributed by atoms with Crippen molar-refractivity contribution in [1.29, 1.82) is 0 Å². The van der Waals surface area contributed by atoms with Gasteiger partial charge in [-0.15, -0.1) is 0 Å². The second kappa shape index (κ2) is 9.12. The number of rotatable bonds is 8. The largest absolute Gasteiger partial charge is 0.491 e. The number of ether oxygens (including phenoxy) is 2. The average Bonchev–Trinajstić information content (AvgIpc) is 2.53. The molecule has 0 amide bonds. The highest BCUT2D eigenvalue weighted by molar-refractivity contribution is 14.1. The lowest BCUT2D eigenvalue weighted by Gasteiger charge is -2.09. The number of halogens is 2. The van der Waals surface area contributed by atoms with Gasteiger partial charge >= 0.3 is 0 Å². The molecule has 5 nitrogen and oxygen atoms in total. The lowest BCUT2D eigenvalue weighted by atomic mass is 10.2. The third kappa shape index (κ3) is 5.58. The molecule has 118 valence electrons. The number of nitrogens with one attached hydrogen (secondary N) is 1. The van der Waals surface area contributed by atoms with Crippen molar-refractivity contribution in [2.45, 2.75) is 13.5 Å². The summed E-state index contributed by atoms with van der Waals surface area (Å²) in [6, 6.07) is 7.92. The van der Waals surface area contributed by atoms with Crippen LogP contribution in [0.25, 0.3) is 0 Å². The Bertz CT molecular complexity index is 596. The van der Waals surface area contributed by atoms with Gasteiger partial charge in [0.2, 0.25) is 5.28 Å². The topological polar surface area (TPSA) is 56.3 Å². The summed E-state index contributed by atoms with van der Waals surface area (Å²) >= 11 is 7.97. The minimum atomic E-state index is 0.237. The van der Waals surface area contributed by atoms with Gasteiger partial charge in [0.05, 0.1) is 10.2 Å². The molecule has 2 aromatic rings. The molecule has 0 bridgehead atoms. The summed E-state index contributed by atoms with van der Waals surface area (Å²) in [5.74, 6) is 1.57. The molecule has 0 saturated heterocycles. The van der Waals surface area contributed by atoms with E-state index in [1.54, 1.807) is 6.20 Å². The van der Waals surface area contributed by atoms with Crippen LogP contribution in [0.1, 0.15) is 12.5 Å². The van der Waals surface area contributed by atoms with E-state index in [0.29, 0.717) is 26.4 Å². The summed E-state index contributed by atoms with van der Waals surface area (Å²) in [6.07, 6.45) is 1.69. The van der Waals surface area contributed by atoms with E-state index < -0.39 is 0 Å². The number of nitrogens with zero attached hydrogens (tertiary/aromatic N) is 2. The molecule has 7 heteroatoms. The van der Waals surface area contributed by atoms with Crippen molar-refractivity contribution >= 4 is 40.0 Å². The monoisotopic (exact) mass is 433 g/mol. The van der Waals surface area contributed by atoms with Crippen LogP contribution < -0.4 is 10.1 Å². The second-order valence-electron chi connectivity index (χ2n) is 4.38. The van der Waals surface area contributed by atoms with E-state index in [1.165, 1.54) is 0 Å². The molecule has 1 heterocycles. The number of hydrogen-bond acceptors (Lipinski definition) is 5. The van der Waals surface area contributed by atoms with E-state index in [0.717, 1.165) is 20.7 Å². The Hall–Kier alpha value is -1.12. The lowest BCUT2D eigenvalue weighted by Crippen LogP contribution is -2.06. The van der Waals surface area contributed by atoms with Crippen LogP contribution in [0.15, 0.2) is 30.5 Å². The van der Waals surface area contributed by atoms with Crippen molar-refractivity contribution in [2.75, 3.05) is 25.1 Å². The molecule has 1 N–H and O–H groups in total. The maximum atomic E-state index is 5.80. The molecule has 0 aliphatic carbocycles. The molecule has 1 aromatic heterocycles. The average molecular weight is 434 g/mol. The van der Waals surface area contributed by atoms with Crippen LogP contribution >= 0.6 is 34.2 Å². The Morgan fingerprint density at radius 2 is 2.00 bits per heavy atom. The van der Waals surface area contributed by atoms with Gasteiger partial charge in [-0.1, -0.05) is 12.1 Å². The Morgan fingerprint density at radius 3 is 2.73 bits per heavy atom. The van der Waals surface area contributed by atoms with Crippen molar-refractivity contribution in [3.8, 4) is 5.75 Å². The third-order valence-electron chi connectivity index (χ3n) is 2.80. The summed E-state index contributed by atoms with van der Waals surface area (Å²) < 4.78 is 11.7. The van der Waals surface area contributed by atoms with Crippen LogP contribution in [0.5, 0.6) is 5.75 Å². The van der Waals surface area contributed by atoms with Crippen LogP contribution in [0.4, 0.5) is 5.82 Å². The number of hydrogen-bond donors (Lipinski definition) is 1. The van der Waals surface area contributed by atoms with E-state index in [-0.39, 0.29) is 5.28 Å². The zero-order valence-electron chi connectivity index (χ0n) is 12.2. The van der Waals surface area contributed by atoms with Crippen molar-refractivity contribution in [3.63, 3.8) is 0 Å². The number of anilines is 1. The van der Waals surface area contributed by atoms with Gasteiger partial charge in [0.1, 0.15) is 18.2 Å². The van der Waals surface area contributed by atoms with Gasteiger partial charge in [-0.3, -0.25) is 0 Å². The van der Waals surface area contributed by atoms with Crippen LogP contribution in [0.3, 0.4) is 0 Å². The fraction of sp³-hybridized carbons (Fsp3) is 0.333. The first-order valence-corrected chi connectivity index (χ1v) is 8.36. The van der Waals surface area contributed by atoms with E-state index >= 15 is 0 Å².